The van der Waals surface area contributed by atoms with E-state index in [0.717, 1.165) is 29.2 Å². The van der Waals surface area contributed by atoms with Gasteiger partial charge in [0.05, 0.1) is 5.02 Å². The first-order valence-corrected chi connectivity index (χ1v) is 6.72. The predicted octanol–water partition coefficient (Wildman–Crippen LogP) is 4.73. The van der Waals surface area contributed by atoms with Crippen molar-refractivity contribution in [3.8, 4) is 0 Å². The average molecular weight is 261 g/mol. The molecule has 0 unspecified atom stereocenters. The van der Waals surface area contributed by atoms with Crippen molar-refractivity contribution >= 4 is 22.9 Å². The van der Waals surface area contributed by atoms with Crippen LogP contribution in [0.2, 0.25) is 5.02 Å². The Morgan fingerprint density at radius 3 is 2.72 bits per heavy atom. The third-order valence-corrected chi connectivity index (χ3v) is 3.65. The van der Waals surface area contributed by atoms with Crippen LogP contribution >= 0.6 is 11.6 Å². The van der Waals surface area contributed by atoms with Gasteiger partial charge in [-0.05, 0) is 50.0 Å². The molecule has 1 aromatic rings. The number of anilines is 1. The molecule has 0 aromatic heterocycles. The Morgan fingerprint density at radius 2 is 2.11 bits per heavy atom. The number of rotatable bonds is 3. The Bertz CT molecular complexity index is 500. The van der Waals surface area contributed by atoms with Crippen LogP contribution < -0.4 is 4.90 Å². The van der Waals surface area contributed by atoms with Gasteiger partial charge in [-0.3, -0.25) is 0 Å². The minimum atomic E-state index is 0.824. The van der Waals surface area contributed by atoms with E-state index in [2.05, 4.69) is 56.5 Å². The highest BCUT2D eigenvalue weighted by Crippen LogP contribution is 2.32. The van der Waals surface area contributed by atoms with Gasteiger partial charge in [0.25, 0.3) is 0 Å². The molecular formula is C16H19ClN. The Hall–Kier alpha value is -1.21. The van der Waals surface area contributed by atoms with Crippen molar-refractivity contribution in [1.29, 1.82) is 0 Å². The summed E-state index contributed by atoms with van der Waals surface area (Å²) in [6, 6.07) is 6.29. The molecule has 0 amide bonds. The van der Waals surface area contributed by atoms with Crippen LogP contribution in [0.1, 0.15) is 25.8 Å². The number of hydrogen-bond donors (Lipinski definition) is 0. The SMILES string of the molecule is CCN(C)c1ccc(C2=CC(C)=CC[CH]2)c(Cl)c1. The van der Waals surface area contributed by atoms with Crippen LogP contribution in [0.3, 0.4) is 0 Å². The van der Waals surface area contributed by atoms with E-state index in [1.807, 2.05) is 6.07 Å². The molecule has 0 aliphatic heterocycles. The minimum absolute atomic E-state index is 0.824. The molecule has 0 fully saturated rings. The molecule has 0 saturated heterocycles. The highest BCUT2D eigenvalue weighted by molar-refractivity contribution is 6.32. The lowest BCUT2D eigenvalue weighted by molar-refractivity contribution is 0.968. The lowest BCUT2D eigenvalue weighted by atomic mass is 9.94. The summed E-state index contributed by atoms with van der Waals surface area (Å²) in [7, 11) is 2.07. The minimum Gasteiger partial charge on any atom is -0.375 e. The molecule has 0 bridgehead atoms. The zero-order valence-electron chi connectivity index (χ0n) is 11.2. The molecule has 2 rings (SSSR count). The molecule has 18 heavy (non-hydrogen) atoms. The number of halogens is 1. The maximum Gasteiger partial charge on any atom is 0.0501 e. The van der Waals surface area contributed by atoms with Crippen LogP contribution in [-0.2, 0) is 0 Å². The van der Waals surface area contributed by atoms with Crippen molar-refractivity contribution in [3.63, 3.8) is 0 Å². The Kier molecular flexibility index (Phi) is 4.13. The van der Waals surface area contributed by atoms with E-state index >= 15 is 0 Å². The molecule has 1 aliphatic rings. The quantitative estimate of drug-likeness (QED) is 0.759. The van der Waals surface area contributed by atoms with E-state index < -0.39 is 0 Å². The van der Waals surface area contributed by atoms with E-state index in [4.69, 9.17) is 11.6 Å². The molecular weight excluding hydrogens is 242 g/mol. The van der Waals surface area contributed by atoms with Gasteiger partial charge in [0.1, 0.15) is 0 Å². The van der Waals surface area contributed by atoms with Crippen LogP contribution in [-0.4, -0.2) is 13.6 Å². The van der Waals surface area contributed by atoms with E-state index in [-0.39, 0.29) is 0 Å². The van der Waals surface area contributed by atoms with E-state index in [1.165, 1.54) is 11.1 Å². The van der Waals surface area contributed by atoms with E-state index in [1.54, 1.807) is 0 Å². The van der Waals surface area contributed by atoms with Gasteiger partial charge in [-0.15, -0.1) is 0 Å². The summed E-state index contributed by atoms with van der Waals surface area (Å²) in [6.45, 7) is 5.24. The zero-order valence-corrected chi connectivity index (χ0v) is 12.0. The van der Waals surface area contributed by atoms with E-state index in [0.29, 0.717) is 0 Å². The number of hydrogen-bond acceptors (Lipinski definition) is 1. The Balaban J connectivity index is 2.33. The number of allylic oxidation sites excluding steroid dienone is 4. The molecule has 1 aromatic carbocycles. The lowest BCUT2D eigenvalue weighted by Gasteiger charge is -2.19. The van der Waals surface area contributed by atoms with Crippen molar-refractivity contribution in [1.82, 2.24) is 0 Å². The van der Waals surface area contributed by atoms with E-state index in [9.17, 15) is 0 Å². The first-order chi connectivity index (χ1) is 8.61. The van der Waals surface area contributed by atoms with Crippen molar-refractivity contribution in [2.75, 3.05) is 18.5 Å². The van der Waals surface area contributed by atoms with Crippen LogP contribution in [0, 0.1) is 6.42 Å². The molecule has 0 atom stereocenters. The van der Waals surface area contributed by atoms with Crippen LogP contribution in [0.5, 0.6) is 0 Å². The predicted molar refractivity (Wildman–Crippen MR) is 81.0 cm³/mol. The lowest BCUT2D eigenvalue weighted by Crippen LogP contribution is -2.15. The third kappa shape index (κ3) is 2.78. The van der Waals surface area contributed by atoms with Gasteiger partial charge in [-0.2, -0.15) is 0 Å². The summed E-state index contributed by atoms with van der Waals surface area (Å²) >= 11 is 6.40. The van der Waals surface area contributed by atoms with Gasteiger partial charge in [0, 0.05) is 19.3 Å². The second-order valence-corrected chi connectivity index (χ2v) is 5.07. The van der Waals surface area contributed by atoms with Crippen molar-refractivity contribution in [2.45, 2.75) is 20.3 Å². The molecule has 0 N–H and O–H groups in total. The van der Waals surface area contributed by atoms with Gasteiger partial charge in [-0.1, -0.05) is 35.4 Å². The standard InChI is InChI=1S/C16H19ClN/c1-4-18(3)14-8-9-15(16(17)11-14)13-7-5-6-12(2)10-13/h6-11H,4-5H2,1-3H3. The van der Waals surface area contributed by atoms with Crippen LogP contribution in [0.4, 0.5) is 5.69 Å². The molecule has 2 heteroatoms. The fourth-order valence-electron chi connectivity index (χ4n) is 2.08. The largest absolute Gasteiger partial charge is 0.375 e. The van der Waals surface area contributed by atoms with Gasteiger partial charge in [0.15, 0.2) is 0 Å². The topological polar surface area (TPSA) is 3.24 Å². The fraction of sp³-hybridized carbons (Fsp3) is 0.312. The molecule has 1 radical (unpaired) electrons. The Labute approximate surface area is 115 Å². The van der Waals surface area contributed by atoms with Crippen LogP contribution in [0.25, 0.3) is 5.57 Å². The smallest absolute Gasteiger partial charge is 0.0501 e. The van der Waals surface area contributed by atoms with Gasteiger partial charge in [0.2, 0.25) is 0 Å². The molecule has 0 saturated carbocycles. The fourth-order valence-corrected chi connectivity index (χ4v) is 2.36. The second kappa shape index (κ2) is 5.62. The first kappa shape index (κ1) is 13.2. The monoisotopic (exact) mass is 260 g/mol. The van der Waals surface area contributed by atoms with Crippen molar-refractivity contribution in [3.05, 3.63) is 52.9 Å². The summed E-state index contributed by atoms with van der Waals surface area (Å²) in [5.74, 6) is 0. The normalized spacial score (nSPS) is 15.1. The summed E-state index contributed by atoms with van der Waals surface area (Å²) in [6.07, 6.45) is 7.62. The third-order valence-electron chi connectivity index (χ3n) is 3.34. The highest BCUT2D eigenvalue weighted by Gasteiger charge is 2.11. The highest BCUT2D eigenvalue weighted by atomic mass is 35.5. The molecule has 0 spiro atoms. The average Bonchev–Trinajstić information content (AvgIpc) is 2.37. The molecule has 1 aliphatic carbocycles. The zero-order chi connectivity index (χ0) is 13.1. The summed E-state index contributed by atoms with van der Waals surface area (Å²) in [5.41, 5.74) is 4.82. The van der Waals surface area contributed by atoms with Crippen molar-refractivity contribution in [2.24, 2.45) is 0 Å². The molecule has 95 valence electrons. The maximum absolute atomic E-state index is 6.40. The molecule has 0 heterocycles. The van der Waals surface area contributed by atoms with Gasteiger partial charge < -0.3 is 4.90 Å². The maximum atomic E-state index is 6.40. The Morgan fingerprint density at radius 1 is 1.33 bits per heavy atom. The summed E-state index contributed by atoms with van der Waals surface area (Å²) in [5, 5.41) is 0.824. The van der Waals surface area contributed by atoms with Gasteiger partial charge >= 0.3 is 0 Å². The van der Waals surface area contributed by atoms with Crippen LogP contribution in [0.15, 0.2) is 35.9 Å². The number of benzene rings is 1. The first-order valence-electron chi connectivity index (χ1n) is 6.34. The number of nitrogens with zero attached hydrogens (tertiary/aromatic N) is 1. The van der Waals surface area contributed by atoms with Gasteiger partial charge in [-0.25, -0.2) is 0 Å². The summed E-state index contributed by atoms with van der Waals surface area (Å²) in [4.78, 5) is 2.18. The summed E-state index contributed by atoms with van der Waals surface area (Å²) < 4.78 is 0. The second-order valence-electron chi connectivity index (χ2n) is 4.67. The van der Waals surface area contributed by atoms with Crippen molar-refractivity contribution < 1.29 is 0 Å². The molecule has 1 nitrogen and oxygen atoms in total.